The van der Waals surface area contributed by atoms with E-state index in [2.05, 4.69) is 30.1 Å². The van der Waals surface area contributed by atoms with Gasteiger partial charge < -0.3 is 10.1 Å². The molecule has 0 spiro atoms. The summed E-state index contributed by atoms with van der Waals surface area (Å²) < 4.78 is 10.2. The number of amides is 1. The van der Waals surface area contributed by atoms with Crippen molar-refractivity contribution < 1.29 is 9.53 Å². The fourth-order valence-electron chi connectivity index (χ4n) is 3.53. The van der Waals surface area contributed by atoms with Gasteiger partial charge in [0.15, 0.2) is 5.01 Å². The van der Waals surface area contributed by atoms with Gasteiger partial charge in [-0.15, -0.1) is 11.3 Å². The first-order valence-electron chi connectivity index (χ1n) is 11.2. The number of methoxy groups -OCH3 is 1. The summed E-state index contributed by atoms with van der Waals surface area (Å²) in [6.45, 7) is 0.596. The molecule has 1 fully saturated rings. The Morgan fingerprint density at radius 3 is 3.06 bits per heavy atom. The highest BCUT2D eigenvalue weighted by atomic mass is 35.5. The summed E-state index contributed by atoms with van der Waals surface area (Å²) in [5.41, 5.74) is 2.48. The topological polar surface area (TPSA) is 106 Å². The Morgan fingerprint density at radius 1 is 1.34 bits per heavy atom. The van der Waals surface area contributed by atoms with Crippen LogP contribution in [-0.4, -0.2) is 49.4 Å². The van der Waals surface area contributed by atoms with E-state index in [9.17, 15) is 4.79 Å². The molecular weight excluding hydrogens is 506 g/mol. The van der Waals surface area contributed by atoms with E-state index in [4.69, 9.17) is 16.3 Å². The van der Waals surface area contributed by atoms with Crippen LogP contribution in [0.2, 0.25) is 5.02 Å². The van der Waals surface area contributed by atoms with Gasteiger partial charge in [-0.3, -0.25) is 9.52 Å². The van der Waals surface area contributed by atoms with Crippen LogP contribution in [0.4, 0.5) is 5.95 Å². The van der Waals surface area contributed by atoms with E-state index in [1.165, 1.54) is 24.2 Å². The Labute approximate surface area is 215 Å². The standard InChI is InChI=1S/C23H24ClN7O2S2/c1-33-10-2-3-17(18-6-8-25-23(29-18)30-35-15-4-5-15)28-21(32)22-26-13-20(34-22)16-12-27-31-9-7-14(24)11-19(16)31/h6-9,11-13,15,17H,2-5,10H2,1H3,(H,28,32)(H,25,29,30). The molecule has 12 heteroatoms. The summed E-state index contributed by atoms with van der Waals surface area (Å²) in [4.78, 5) is 27.4. The lowest BCUT2D eigenvalue weighted by Gasteiger charge is -2.18. The predicted molar refractivity (Wildman–Crippen MR) is 139 cm³/mol. The van der Waals surface area contributed by atoms with Crippen LogP contribution < -0.4 is 10.0 Å². The summed E-state index contributed by atoms with van der Waals surface area (Å²) in [6.07, 6.45) is 10.8. The normalized spacial score (nSPS) is 14.2. The smallest absolute Gasteiger partial charge is 0.280 e. The first kappa shape index (κ1) is 24.0. The molecule has 1 aliphatic rings. The number of ether oxygens (including phenoxy) is 1. The van der Waals surface area contributed by atoms with Gasteiger partial charge in [-0.1, -0.05) is 11.6 Å². The minimum Gasteiger partial charge on any atom is -0.385 e. The van der Waals surface area contributed by atoms with E-state index in [1.807, 2.05) is 12.1 Å². The number of thiazole rings is 1. The van der Waals surface area contributed by atoms with Crippen molar-refractivity contribution >= 4 is 52.3 Å². The highest BCUT2D eigenvalue weighted by molar-refractivity contribution is 8.01. The largest absolute Gasteiger partial charge is 0.385 e. The monoisotopic (exact) mass is 529 g/mol. The van der Waals surface area contributed by atoms with Gasteiger partial charge in [0.05, 0.1) is 28.3 Å². The molecule has 1 aliphatic carbocycles. The fraction of sp³-hybridized carbons (Fsp3) is 0.348. The second kappa shape index (κ2) is 10.9. The third-order valence-corrected chi connectivity index (χ3v) is 7.84. The molecule has 1 atom stereocenters. The zero-order valence-corrected chi connectivity index (χ0v) is 21.4. The van der Waals surface area contributed by atoms with Gasteiger partial charge >= 0.3 is 0 Å². The SMILES string of the molecule is COCCCC(NC(=O)c1ncc(-c2cnn3ccc(Cl)cc23)s1)c1ccnc(NSC2CC2)n1. The maximum absolute atomic E-state index is 13.2. The molecule has 182 valence electrons. The highest BCUT2D eigenvalue weighted by Gasteiger charge is 2.24. The molecule has 1 saturated carbocycles. The summed E-state index contributed by atoms with van der Waals surface area (Å²) in [5, 5.41) is 9.08. The molecule has 5 rings (SSSR count). The fourth-order valence-corrected chi connectivity index (χ4v) is 5.27. The minimum absolute atomic E-state index is 0.251. The lowest BCUT2D eigenvalue weighted by atomic mass is 10.1. The Kier molecular flexibility index (Phi) is 7.47. The average Bonchev–Trinajstić information content (AvgIpc) is 3.40. The molecule has 4 aromatic rings. The van der Waals surface area contributed by atoms with Crippen LogP contribution in [0.15, 0.2) is 43.0 Å². The number of nitrogens with one attached hydrogen (secondary N) is 2. The lowest BCUT2D eigenvalue weighted by Crippen LogP contribution is -2.29. The molecule has 0 saturated heterocycles. The summed E-state index contributed by atoms with van der Waals surface area (Å²) in [6, 6.07) is 5.16. The predicted octanol–water partition coefficient (Wildman–Crippen LogP) is 5.02. The summed E-state index contributed by atoms with van der Waals surface area (Å²) >= 11 is 9.12. The molecule has 4 heterocycles. The van der Waals surface area contributed by atoms with Crippen LogP contribution in [0, 0.1) is 0 Å². The maximum atomic E-state index is 13.2. The zero-order chi connectivity index (χ0) is 24.2. The molecule has 35 heavy (non-hydrogen) atoms. The van der Waals surface area contributed by atoms with Crippen molar-refractivity contribution in [1.29, 1.82) is 0 Å². The second-order valence-corrected chi connectivity index (χ2v) is 10.7. The van der Waals surface area contributed by atoms with Gasteiger partial charge in [0.25, 0.3) is 5.91 Å². The third kappa shape index (κ3) is 5.92. The highest BCUT2D eigenvalue weighted by Crippen LogP contribution is 2.34. The number of rotatable bonds is 11. The number of pyridine rings is 1. The quantitative estimate of drug-likeness (QED) is 0.206. The Morgan fingerprint density at radius 2 is 2.23 bits per heavy atom. The Balaban J connectivity index is 1.33. The van der Waals surface area contributed by atoms with Gasteiger partial charge in [0.1, 0.15) is 0 Å². The molecule has 0 aromatic carbocycles. The third-order valence-electron chi connectivity index (χ3n) is 5.47. The van der Waals surface area contributed by atoms with E-state index in [1.54, 1.807) is 54.4 Å². The molecule has 4 aromatic heterocycles. The number of hydrogen-bond acceptors (Lipinski definition) is 9. The van der Waals surface area contributed by atoms with Crippen LogP contribution in [0.1, 0.15) is 47.2 Å². The summed E-state index contributed by atoms with van der Waals surface area (Å²) in [5.74, 6) is 0.298. The molecule has 1 unspecified atom stereocenters. The van der Waals surface area contributed by atoms with Crippen molar-refractivity contribution in [2.24, 2.45) is 0 Å². The van der Waals surface area contributed by atoms with E-state index in [0.29, 0.717) is 34.3 Å². The molecule has 1 amide bonds. The molecular formula is C23H24ClN7O2S2. The number of halogens is 1. The van der Waals surface area contributed by atoms with E-state index < -0.39 is 0 Å². The van der Waals surface area contributed by atoms with Crippen LogP contribution >= 0.6 is 34.9 Å². The van der Waals surface area contributed by atoms with Crippen molar-refractivity contribution in [3.8, 4) is 10.4 Å². The Hall–Kier alpha value is -2.73. The van der Waals surface area contributed by atoms with Gasteiger partial charge in [0.2, 0.25) is 5.95 Å². The van der Waals surface area contributed by atoms with Crippen LogP contribution in [0.25, 0.3) is 16.0 Å². The van der Waals surface area contributed by atoms with E-state index in [-0.39, 0.29) is 11.9 Å². The van der Waals surface area contributed by atoms with E-state index in [0.717, 1.165) is 28.1 Å². The number of nitrogens with zero attached hydrogens (tertiary/aromatic N) is 5. The minimum atomic E-state index is -0.296. The molecule has 9 nitrogen and oxygen atoms in total. The molecule has 0 radical (unpaired) electrons. The molecule has 0 aliphatic heterocycles. The van der Waals surface area contributed by atoms with Crippen molar-refractivity contribution in [1.82, 2.24) is 29.9 Å². The molecule has 2 N–H and O–H groups in total. The number of hydrogen-bond donors (Lipinski definition) is 2. The number of anilines is 1. The van der Waals surface area contributed by atoms with Crippen LogP contribution in [0.5, 0.6) is 0 Å². The number of carbonyl (C=O) groups excluding carboxylic acids is 1. The number of fused-ring (bicyclic) bond motifs is 1. The van der Waals surface area contributed by atoms with Crippen molar-refractivity contribution in [3.05, 3.63) is 58.7 Å². The van der Waals surface area contributed by atoms with Gasteiger partial charge in [-0.25, -0.2) is 19.5 Å². The second-order valence-electron chi connectivity index (χ2n) is 8.15. The number of aromatic nitrogens is 5. The maximum Gasteiger partial charge on any atom is 0.280 e. The van der Waals surface area contributed by atoms with Crippen LogP contribution in [-0.2, 0) is 4.74 Å². The number of carbonyl (C=O) groups is 1. The van der Waals surface area contributed by atoms with E-state index >= 15 is 0 Å². The van der Waals surface area contributed by atoms with Gasteiger partial charge in [0, 0.05) is 48.1 Å². The first-order valence-corrected chi connectivity index (χ1v) is 13.3. The van der Waals surface area contributed by atoms with Crippen molar-refractivity contribution in [2.75, 3.05) is 18.4 Å². The Bertz CT molecular complexity index is 1320. The van der Waals surface area contributed by atoms with Crippen molar-refractivity contribution in [2.45, 2.75) is 37.0 Å². The van der Waals surface area contributed by atoms with Gasteiger partial charge in [-0.05, 0) is 55.8 Å². The first-order chi connectivity index (χ1) is 17.1. The lowest BCUT2D eigenvalue weighted by molar-refractivity contribution is 0.0929. The zero-order valence-electron chi connectivity index (χ0n) is 19.0. The van der Waals surface area contributed by atoms with Gasteiger partial charge in [-0.2, -0.15) is 5.10 Å². The average molecular weight is 530 g/mol. The molecule has 0 bridgehead atoms. The summed E-state index contributed by atoms with van der Waals surface area (Å²) in [7, 11) is 1.67. The van der Waals surface area contributed by atoms with Crippen LogP contribution in [0.3, 0.4) is 0 Å². The van der Waals surface area contributed by atoms with Crippen molar-refractivity contribution in [3.63, 3.8) is 0 Å².